The Labute approximate surface area is 185 Å². The molecule has 0 aliphatic carbocycles. The van der Waals surface area contributed by atoms with Crippen molar-refractivity contribution in [2.75, 3.05) is 11.9 Å². The van der Waals surface area contributed by atoms with Crippen LogP contribution >= 0.6 is 38.9 Å². The normalized spacial score (nSPS) is 16.1. The van der Waals surface area contributed by atoms with Crippen LogP contribution in [0.15, 0.2) is 53.0 Å². The van der Waals surface area contributed by atoms with Crippen molar-refractivity contribution in [3.63, 3.8) is 0 Å². The lowest BCUT2D eigenvalue weighted by molar-refractivity contribution is -0.119. The van der Waals surface area contributed by atoms with E-state index in [2.05, 4.69) is 31.4 Å². The number of nitrogens with zero attached hydrogens (tertiary/aromatic N) is 3. The number of aromatic nitrogens is 2. The summed E-state index contributed by atoms with van der Waals surface area (Å²) in [5, 5.41) is 12.7. The number of hydrogen-bond acceptors (Lipinski definition) is 5. The van der Waals surface area contributed by atoms with Crippen LogP contribution in [-0.2, 0) is 4.79 Å². The number of carbonyl (C=O) groups is 2. The average molecular weight is 492 g/mol. The number of amides is 2. The van der Waals surface area contributed by atoms with E-state index in [0.29, 0.717) is 38.2 Å². The summed E-state index contributed by atoms with van der Waals surface area (Å²) in [7, 11) is 0. The Balaban J connectivity index is 1.47. The van der Waals surface area contributed by atoms with Crippen LogP contribution in [-0.4, -0.2) is 39.5 Å². The molecule has 9 heteroatoms. The highest BCUT2D eigenvalue weighted by atomic mass is 79.9. The third-order valence-corrected chi connectivity index (χ3v) is 6.50. The number of benzene rings is 2. The van der Waals surface area contributed by atoms with E-state index in [9.17, 15) is 9.59 Å². The molecule has 2 heterocycles. The van der Waals surface area contributed by atoms with Gasteiger partial charge in [0.15, 0.2) is 0 Å². The molecule has 1 fully saturated rings. The number of likely N-dealkylation sites (tertiary alicyclic amines) is 1. The molecule has 0 saturated carbocycles. The Morgan fingerprint density at radius 3 is 2.66 bits per heavy atom. The third-order valence-electron chi connectivity index (χ3n) is 4.67. The summed E-state index contributed by atoms with van der Waals surface area (Å²) in [6.07, 6.45) is 1.39. The second kappa shape index (κ2) is 8.61. The van der Waals surface area contributed by atoms with Crippen LogP contribution in [0.2, 0.25) is 5.02 Å². The van der Waals surface area contributed by atoms with Gasteiger partial charge in [-0.2, -0.15) is 0 Å². The molecular weight excluding hydrogens is 476 g/mol. The quantitative estimate of drug-likeness (QED) is 0.565. The number of rotatable bonds is 4. The zero-order valence-corrected chi connectivity index (χ0v) is 18.3. The van der Waals surface area contributed by atoms with E-state index in [1.807, 2.05) is 30.3 Å². The molecule has 1 saturated heterocycles. The SMILES string of the molecule is O=C(Nc1nnc(-c2ccc(Cl)cc2)s1)C1CCCN1C(=O)c1ccccc1Br. The van der Waals surface area contributed by atoms with Crippen molar-refractivity contribution in [1.82, 2.24) is 15.1 Å². The van der Waals surface area contributed by atoms with Gasteiger partial charge in [-0.1, -0.05) is 47.2 Å². The highest BCUT2D eigenvalue weighted by Gasteiger charge is 2.35. The Hall–Kier alpha value is -2.29. The molecule has 1 N–H and O–H groups in total. The van der Waals surface area contributed by atoms with Gasteiger partial charge in [0.25, 0.3) is 5.91 Å². The van der Waals surface area contributed by atoms with Crippen molar-refractivity contribution in [3.8, 4) is 10.6 Å². The van der Waals surface area contributed by atoms with Crippen LogP contribution in [0.25, 0.3) is 10.6 Å². The molecule has 1 aliphatic rings. The number of hydrogen-bond donors (Lipinski definition) is 1. The van der Waals surface area contributed by atoms with Gasteiger partial charge in [-0.25, -0.2) is 0 Å². The Morgan fingerprint density at radius 1 is 1.14 bits per heavy atom. The van der Waals surface area contributed by atoms with Gasteiger partial charge in [-0.3, -0.25) is 14.9 Å². The number of carbonyl (C=O) groups excluding carboxylic acids is 2. The van der Waals surface area contributed by atoms with E-state index in [0.717, 1.165) is 12.0 Å². The van der Waals surface area contributed by atoms with Crippen LogP contribution in [0.5, 0.6) is 0 Å². The predicted molar refractivity (Wildman–Crippen MR) is 117 cm³/mol. The standard InChI is InChI=1S/C20H16BrClN4O2S/c21-15-5-2-1-4-14(15)19(28)26-11-3-6-16(26)17(27)23-20-25-24-18(29-20)12-7-9-13(22)10-8-12/h1-2,4-5,7-10,16H,3,6,11H2,(H,23,25,27). The lowest BCUT2D eigenvalue weighted by Crippen LogP contribution is -2.43. The fourth-order valence-corrected chi connectivity index (χ4v) is 4.58. The second-order valence-corrected chi connectivity index (χ2v) is 8.81. The smallest absolute Gasteiger partial charge is 0.255 e. The molecule has 4 rings (SSSR count). The van der Waals surface area contributed by atoms with Crippen LogP contribution < -0.4 is 5.32 Å². The molecule has 29 heavy (non-hydrogen) atoms. The number of anilines is 1. The minimum Gasteiger partial charge on any atom is -0.327 e. The van der Waals surface area contributed by atoms with Gasteiger partial charge >= 0.3 is 0 Å². The Bertz CT molecular complexity index is 1060. The molecule has 2 amide bonds. The molecule has 148 valence electrons. The Morgan fingerprint density at radius 2 is 1.90 bits per heavy atom. The molecule has 1 aliphatic heterocycles. The second-order valence-electron chi connectivity index (χ2n) is 6.54. The van der Waals surface area contributed by atoms with E-state index >= 15 is 0 Å². The van der Waals surface area contributed by atoms with Crippen molar-refractivity contribution in [3.05, 3.63) is 63.6 Å². The fourth-order valence-electron chi connectivity index (χ4n) is 3.24. The molecular formula is C20H16BrClN4O2S. The first-order valence-corrected chi connectivity index (χ1v) is 11.0. The summed E-state index contributed by atoms with van der Waals surface area (Å²) in [5.74, 6) is -0.407. The zero-order chi connectivity index (χ0) is 20.4. The van der Waals surface area contributed by atoms with Crippen molar-refractivity contribution in [1.29, 1.82) is 0 Å². The average Bonchev–Trinajstić information content (AvgIpc) is 3.38. The summed E-state index contributed by atoms with van der Waals surface area (Å²) in [5.41, 5.74) is 1.42. The van der Waals surface area contributed by atoms with Gasteiger partial charge in [0.05, 0.1) is 5.56 Å². The summed E-state index contributed by atoms with van der Waals surface area (Å²) in [4.78, 5) is 27.4. The van der Waals surface area contributed by atoms with E-state index in [1.165, 1.54) is 11.3 Å². The van der Waals surface area contributed by atoms with Gasteiger partial charge < -0.3 is 4.90 Å². The molecule has 3 aromatic rings. The topological polar surface area (TPSA) is 75.2 Å². The van der Waals surface area contributed by atoms with Crippen molar-refractivity contribution < 1.29 is 9.59 Å². The maximum Gasteiger partial charge on any atom is 0.255 e. The monoisotopic (exact) mass is 490 g/mol. The summed E-state index contributed by atoms with van der Waals surface area (Å²) in [6.45, 7) is 0.546. The number of nitrogens with one attached hydrogen (secondary N) is 1. The first-order valence-electron chi connectivity index (χ1n) is 8.99. The largest absolute Gasteiger partial charge is 0.327 e. The maximum absolute atomic E-state index is 12.9. The van der Waals surface area contributed by atoms with Crippen molar-refractivity contribution in [2.45, 2.75) is 18.9 Å². The highest BCUT2D eigenvalue weighted by Crippen LogP contribution is 2.29. The summed E-state index contributed by atoms with van der Waals surface area (Å²) in [6, 6.07) is 14.0. The lowest BCUT2D eigenvalue weighted by Gasteiger charge is -2.24. The molecule has 6 nitrogen and oxygen atoms in total. The first kappa shape index (κ1) is 20.0. The first-order chi connectivity index (χ1) is 14.0. The minimum atomic E-state index is -0.530. The lowest BCUT2D eigenvalue weighted by atomic mass is 10.1. The van der Waals surface area contributed by atoms with Crippen LogP contribution in [0, 0.1) is 0 Å². The summed E-state index contributed by atoms with van der Waals surface area (Å²) >= 11 is 10.6. The molecule has 0 radical (unpaired) electrons. The minimum absolute atomic E-state index is 0.158. The van der Waals surface area contributed by atoms with Gasteiger partial charge in [0.2, 0.25) is 11.0 Å². The van der Waals surface area contributed by atoms with Gasteiger partial charge in [0.1, 0.15) is 11.0 Å². The predicted octanol–water partition coefficient (Wildman–Crippen LogP) is 4.86. The van der Waals surface area contributed by atoms with Crippen LogP contribution in [0.3, 0.4) is 0 Å². The van der Waals surface area contributed by atoms with E-state index < -0.39 is 6.04 Å². The third kappa shape index (κ3) is 4.34. The van der Waals surface area contributed by atoms with Gasteiger partial charge in [0, 0.05) is 21.6 Å². The maximum atomic E-state index is 12.9. The van der Waals surface area contributed by atoms with Gasteiger partial charge in [-0.05, 0) is 53.0 Å². The van der Waals surface area contributed by atoms with E-state index in [4.69, 9.17) is 11.6 Å². The highest BCUT2D eigenvalue weighted by molar-refractivity contribution is 9.10. The summed E-state index contributed by atoms with van der Waals surface area (Å²) < 4.78 is 0.716. The molecule has 2 aromatic carbocycles. The van der Waals surface area contributed by atoms with Crippen LogP contribution in [0.4, 0.5) is 5.13 Å². The Kier molecular flexibility index (Phi) is 5.94. The van der Waals surface area contributed by atoms with E-state index in [1.54, 1.807) is 23.1 Å². The van der Waals surface area contributed by atoms with Crippen LogP contribution in [0.1, 0.15) is 23.2 Å². The molecule has 1 aromatic heterocycles. The molecule has 0 bridgehead atoms. The fraction of sp³-hybridized carbons (Fsp3) is 0.200. The van der Waals surface area contributed by atoms with Crippen molar-refractivity contribution in [2.24, 2.45) is 0 Å². The number of halogens is 2. The van der Waals surface area contributed by atoms with Gasteiger partial charge in [-0.15, -0.1) is 10.2 Å². The van der Waals surface area contributed by atoms with Crippen molar-refractivity contribution >= 4 is 55.8 Å². The zero-order valence-electron chi connectivity index (χ0n) is 15.1. The van der Waals surface area contributed by atoms with E-state index in [-0.39, 0.29) is 11.8 Å². The molecule has 1 atom stereocenters. The molecule has 1 unspecified atom stereocenters. The molecule has 0 spiro atoms.